The maximum atomic E-state index is 13.6. The third-order valence-electron chi connectivity index (χ3n) is 6.09. The predicted molar refractivity (Wildman–Crippen MR) is 153 cm³/mol. The van der Waals surface area contributed by atoms with E-state index >= 15 is 0 Å². The van der Waals surface area contributed by atoms with Crippen molar-refractivity contribution in [2.24, 2.45) is 4.99 Å². The number of anilines is 1. The summed E-state index contributed by atoms with van der Waals surface area (Å²) in [7, 11) is 4.51. The second-order valence-electron chi connectivity index (χ2n) is 8.57. The molecule has 41 heavy (non-hydrogen) atoms. The van der Waals surface area contributed by atoms with E-state index < -0.39 is 11.4 Å². The molecule has 11 nitrogen and oxygen atoms in total. The first-order chi connectivity index (χ1) is 19.9. The van der Waals surface area contributed by atoms with E-state index in [0.717, 1.165) is 11.8 Å². The third-order valence-corrected chi connectivity index (χ3v) is 7.03. The van der Waals surface area contributed by atoms with Crippen LogP contribution in [0.2, 0.25) is 0 Å². The SMILES string of the molecule is COc1cc(/C=C2/N=C(SCC(=O)c3c(=O)o[nH][n+]3-c3ccccc3)N(c3ccccc3)C2=O)cc(OC)c1OC. The number of para-hydroxylation sites is 2. The number of aromatic nitrogens is 2. The predicted octanol–water partition coefficient (Wildman–Crippen LogP) is 3.63. The number of hydrogen-bond acceptors (Lipinski definition) is 9. The molecule has 0 aliphatic carbocycles. The van der Waals surface area contributed by atoms with Crippen molar-refractivity contribution >= 4 is 40.4 Å². The molecule has 3 aromatic carbocycles. The Balaban J connectivity index is 1.48. The zero-order valence-corrected chi connectivity index (χ0v) is 23.1. The minimum absolute atomic E-state index is 0.138. The summed E-state index contributed by atoms with van der Waals surface area (Å²) in [6.45, 7) is 0. The normalized spacial score (nSPS) is 13.8. The fourth-order valence-corrected chi connectivity index (χ4v) is 5.09. The Morgan fingerprint density at radius 3 is 2.22 bits per heavy atom. The lowest BCUT2D eigenvalue weighted by atomic mass is 10.1. The quantitative estimate of drug-likeness (QED) is 0.183. The lowest BCUT2D eigenvalue weighted by molar-refractivity contribution is -0.672. The second kappa shape index (κ2) is 12.0. The molecule has 0 radical (unpaired) electrons. The van der Waals surface area contributed by atoms with Crippen LogP contribution >= 0.6 is 11.8 Å². The first-order valence-electron chi connectivity index (χ1n) is 12.3. The summed E-state index contributed by atoms with van der Waals surface area (Å²) in [5.41, 5.74) is 0.890. The molecule has 1 N–H and O–H groups in total. The first-order valence-corrected chi connectivity index (χ1v) is 13.3. The summed E-state index contributed by atoms with van der Waals surface area (Å²) in [4.78, 5) is 45.2. The number of nitrogens with zero attached hydrogens (tertiary/aromatic N) is 3. The van der Waals surface area contributed by atoms with Crippen molar-refractivity contribution in [1.82, 2.24) is 5.27 Å². The van der Waals surface area contributed by atoms with Crippen molar-refractivity contribution in [1.29, 1.82) is 0 Å². The number of aliphatic imine (C=N–C) groups is 1. The number of ketones is 1. The number of hydrogen-bond donors (Lipinski definition) is 1. The van der Waals surface area contributed by atoms with E-state index in [9.17, 15) is 14.4 Å². The van der Waals surface area contributed by atoms with Gasteiger partial charge in [-0.3, -0.25) is 19.0 Å². The van der Waals surface area contributed by atoms with Crippen LogP contribution in [-0.2, 0) is 4.79 Å². The summed E-state index contributed by atoms with van der Waals surface area (Å²) in [6.07, 6.45) is 1.60. The van der Waals surface area contributed by atoms with Gasteiger partial charge in [0.1, 0.15) is 5.70 Å². The largest absolute Gasteiger partial charge is 0.493 e. The van der Waals surface area contributed by atoms with Crippen molar-refractivity contribution in [3.05, 3.63) is 100 Å². The minimum atomic E-state index is -0.799. The lowest BCUT2D eigenvalue weighted by Gasteiger charge is -2.17. The number of nitrogens with one attached hydrogen (secondary N) is 1. The molecule has 5 rings (SSSR count). The summed E-state index contributed by atoms with van der Waals surface area (Å²) < 4.78 is 22.4. The number of amides is 1. The Labute approximate surface area is 238 Å². The van der Waals surface area contributed by atoms with Gasteiger partial charge >= 0.3 is 11.3 Å². The van der Waals surface area contributed by atoms with Crippen molar-refractivity contribution in [3.63, 3.8) is 0 Å². The van der Waals surface area contributed by atoms with Crippen molar-refractivity contribution < 1.29 is 33.0 Å². The Morgan fingerprint density at radius 1 is 0.976 bits per heavy atom. The second-order valence-corrected chi connectivity index (χ2v) is 9.51. The molecule has 0 unspecified atom stereocenters. The molecule has 0 bridgehead atoms. The van der Waals surface area contributed by atoms with Crippen molar-refractivity contribution in [2.45, 2.75) is 0 Å². The molecule has 1 aliphatic heterocycles. The van der Waals surface area contributed by atoms with Crippen LogP contribution in [0.25, 0.3) is 11.8 Å². The number of ether oxygens (including phenoxy) is 3. The van der Waals surface area contributed by atoms with Crippen LogP contribution in [-0.4, -0.2) is 49.2 Å². The minimum Gasteiger partial charge on any atom is -0.493 e. The number of Topliss-reactive ketones (excluding diaryl/α,β-unsaturated/α-hetero) is 1. The summed E-state index contributed by atoms with van der Waals surface area (Å²) in [5, 5.41) is 2.75. The molecule has 4 aromatic rings. The molecule has 0 saturated carbocycles. The van der Waals surface area contributed by atoms with Gasteiger partial charge in [0, 0.05) is 12.1 Å². The van der Waals surface area contributed by atoms with Gasteiger partial charge in [-0.05, 0) is 45.9 Å². The number of amidine groups is 1. The number of aromatic amines is 1. The van der Waals surface area contributed by atoms with Crippen LogP contribution in [0.3, 0.4) is 0 Å². The molecule has 0 atom stereocenters. The lowest BCUT2D eigenvalue weighted by Crippen LogP contribution is -2.41. The number of H-pyrrole nitrogens is 1. The fourth-order valence-electron chi connectivity index (χ4n) is 4.21. The molecule has 1 aromatic heterocycles. The summed E-state index contributed by atoms with van der Waals surface area (Å²) in [5.74, 6) is 0.193. The van der Waals surface area contributed by atoms with E-state index in [4.69, 9.17) is 18.7 Å². The number of carbonyl (C=O) groups is 2. The Bertz CT molecular complexity index is 1690. The van der Waals surface area contributed by atoms with Crippen molar-refractivity contribution in [3.8, 4) is 22.9 Å². The van der Waals surface area contributed by atoms with E-state index in [1.54, 1.807) is 66.7 Å². The van der Waals surface area contributed by atoms with Gasteiger partial charge < -0.3 is 14.2 Å². The molecule has 1 aliphatic rings. The topological polar surface area (TPSA) is 127 Å². The van der Waals surface area contributed by atoms with Gasteiger partial charge in [-0.15, -0.1) is 0 Å². The van der Waals surface area contributed by atoms with Crippen LogP contribution < -0.4 is 29.4 Å². The van der Waals surface area contributed by atoms with Crippen LogP contribution in [0.5, 0.6) is 17.2 Å². The molecule has 0 spiro atoms. The Kier molecular flexibility index (Phi) is 8.01. The average molecular weight is 574 g/mol. The molecule has 0 saturated heterocycles. The monoisotopic (exact) mass is 573 g/mol. The molecule has 1 amide bonds. The van der Waals surface area contributed by atoms with Gasteiger partial charge in [-0.1, -0.05) is 48.2 Å². The Morgan fingerprint density at radius 2 is 1.61 bits per heavy atom. The van der Waals surface area contributed by atoms with Crippen LogP contribution in [0.15, 0.2) is 92.8 Å². The van der Waals surface area contributed by atoms with E-state index in [1.165, 1.54) is 30.9 Å². The average Bonchev–Trinajstić information content (AvgIpc) is 3.55. The fraction of sp³-hybridized carbons (Fsp3) is 0.138. The van der Waals surface area contributed by atoms with Crippen LogP contribution in [0.4, 0.5) is 5.69 Å². The van der Waals surface area contributed by atoms with Crippen LogP contribution in [0, 0.1) is 0 Å². The molecule has 2 heterocycles. The number of thioether (sulfide) groups is 1. The highest BCUT2D eigenvalue weighted by Crippen LogP contribution is 2.39. The standard InChI is InChI=1S/C29H24N4O7S/c1-37-23-15-18(16-24(38-2)26(23)39-3)14-21-27(35)32(19-10-6-4-7-11-19)29(30-21)41-17-22(34)25-28(36)40-31-33(25)20-12-8-5-9-13-20/h4-16H,17H2,1-3H3/p+1/b21-14+. The van der Waals surface area contributed by atoms with Gasteiger partial charge in [-0.2, -0.15) is 0 Å². The van der Waals surface area contributed by atoms with E-state index in [2.05, 4.69) is 10.3 Å². The number of methoxy groups -OCH3 is 3. The molecular weight excluding hydrogens is 548 g/mol. The maximum Gasteiger partial charge on any atom is 0.438 e. The highest BCUT2D eigenvalue weighted by Gasteiger charge is 2.35. The maximum absolute atomic E-state index is 13.6. The highest BCUT2D eigenvalue weighted by atomic mass is 32.2. The highest BCUT2D eigenvalue weighted by molar-refractivity contribution is 8.14. The van der Waals surface area contributed by atoms with Gasteiger partial charge in [0.15, 0.2) is 16.7 Å². The van der Waals surface area contributed by atoms with Gasteiger partial charge in [0.05, 0.1) is 32.8 Å². The number of rotatable bonds is 9. The molecule has 12 heteroatoms. The first kappa shape index (κ1) is 27.5. The summed E-state index contributed by atoms with van der Waals surface area (Å²) >= 11 is 1.03. The van der Waals surface area contributed by atoms with E-state index in [1.807, 2.05) is 12.1 Å². The molecule has 0 fully saturated rings. The zero-order valence-electron chi connectivity index (χ0n) is 22.3. The molecular formula is C29H25N4O7S+. The Hall–Kier alpha value is -5.10. The summed E-state index contributed by atoms with van der Waals surface area (Å²) in [6, 6.07) is 21.2. The van der Waals surface area contributed by atoms with Crippen LogP contribution in [0.1, 0.15) is 16.1 Å². The van der Waals surface area contributed by atoms with Gasteiger partial charge in [0.25, 0.3) is 5.91 Å². The molecule has 208 valence electrons. The van der Waals surface area contributed by atoms with Crippen molar-refractivity contribution in [2.75, 3.05) is 32.0 Å². The van der Waals surface area contributed by atoms with Gasteiger partial charge in [-0.25, -0.2) is 9.79 Å². The zero-order chi connectivity index (χ0) is 28.9. The number of benzene rings is 3. The third kappa shape index (κ3) is 5.50. The van der Waals surface area contributed by atoms with Gasteiger partial charge in [0.2, 0.25) is 17.2 Å². The number of carbonyl (C=O) groups excluding carboxylic acids is 2. The van der Waals surface area contributed by atoms with E-state index in [0.29, 0.717) is 34.2 Å². The smallest absolute Gasteiger partial charge is 0.438 e. The van der Waals surface area contributed by atoms with E-state index in [-0.39, 0.29) is 28.2 Å².